The molecule has 6 aromatic rings. The molecule has 52 heavy (non-hydrogen) atoms. The Morgan fingerprint density at radius 3 is 2.42 bits per heavy atom. The number of rotatable bonds is 15. The van der Waals surface area contributed by atoms with E-state index in [1.807, 2.05) is 71.8 Å². The van der Waals surface area contributed by atoms with E-state index in [2.05, 4.69) is 41.3 Å². The quantitative estimate of drug-likeness (QED) is 0.107. The Morgan fingerprint density at radius 2 is 1.63 bits per heavy atom. The van der Waals surface area contributed by atoms with Crippen molar-refractivity contribution in [3.05, 3.63) is 108 Å². The summed E-state index contributed by atoms with van der Waals surface area (Å²) in [5, 5.41) is 28.3. The third-order valence-electron chi connectivity index (χ3n) is 10.0. The zero-order chi connectivity index (χ0) is 36.0. The molecule has 2 N–H and O–H groups in total. The first kappa shape index (κ1) is 35.1. The van der Waals surface area contributed by atoms with Gasteiger partial charge in [-0.25, -0.2) is 4.79 Å². The predicted molar refractivity (Wildman–Crippen MR) is 204 cm³/mol. The highest BCUT2D eigenvalue weighted by molar-refractivity contribution is 6.04. The van der Waals surface area contributed by atoms with Crippen molar-refractivity contribution in [2.75, 3.05) is 44.4 Å². The molecular weight excluding hydrogens is 656 g/mol. The van der Waals surface area contributed by atoms with Crippen LogP contribution < -0.4 is 14.4 Å². The zero-order valence-electron chi connectivity index (χ0n) is 29.9. The summed E-state index contributed by atoms with van der Waals surface area (Å²) >= 11 is 0. The molecule has 1 fully saturated rings. The van der Waals surface area contributed by atoms with Gasteiger partial charge < -0.3 is 33.9 Å². The Hall–Kier alpha value is -5.32. The summed E-state index contributed by atoms with van der Waals surface area (Å²) in [4.78, 5) is 15.4. The third-order valence-corrected chi connectivity index (χ3v) is 10.0. The van der Waals surface area contributed by atoms with Crippen LogP contribution in [-0.2, 0) is 31.4 Å². The van der Waals surface area contributed by atoms with E-state index in [1.165, 1.54) is 0 Å². The minimum Gasteiger partial charge on any atom is -0.493 e. The number of carbonyl (C=O) groups is 1. The number of hydrogen-bond acceptors (Lipinski definition) is 7. The molecule has 1 aliphatic rings. The van der Waals surface area contributed by atoms with Gasteiger partial charge >= 0.3 is 5.97 Å². The molecule has 0 amide bonds. The number of aromatic carboxylic acids is 1. The second-order valence-corrected chi connectivity index (χ2v) is 13.3. The number of benzene rings is 4. The summed E-state index contributed by atoms with van der Waals surface area (Å²) in [5.74, 6) is 0.598. The van der Waals surface area contributed by atoms with Gasteiger partial charge in [-0.05, 0) is 73.9 Å². The lowest BCUT2D eigenvalue weighted by Gasteiger charge is -2.28. The molecule has 0 spiro atoms. The average molecular weight is 703 g/mol. The molecule has 7 rings (SSSR count). The monoisotopic (exact) mass is 702 g/mol. The minimum absolute atomic E-state index is 0.0451. The van der Waals surface area contributed by atoms with E-state index in [0.717, 1.165) is 93.2 Å². The highest BCUT2D eigenvalue weighted by Gasteiger charge is 2.27. The lowest BCUT2D eigenvalue weighted by Crippen LogP contribution is -2.36. The van der Waals surface area contributed by atoms with Gasteiger partial charge in [0, 0.05) is 66.6 Å². The molecule has 0 atom stereocenters. The van der Waals surface area contributed by atoms with Crippen LogP contribution in [0.4, 0.5) is 5.69 Å². The second kappa shape index (κ2) is 15.9. The van der Waals surface area contributed by atoms with Crippen molar-refractivity contribution in [1.82, 2.24) is 14.3 Å². The molecule has 0 saturated carbocycles. The molecule has 1 saturated heterocycles. The number of fused-ring (bicyclic) bond motifs is 2. The summed E-state index contributed by atoms with van der Waals surface area (Å²) < 4.78 is 21.9. The lowest BCUT2D eigenvalue weighted by molar-refractivity contribution is 0.0684. The summed E-state index contributed by atoms with van der Waals surface area (Å²) in [5.41, 5.74) is 6.64. The Balaban J connectivity index is 1.20. The smallest absolute Gasteiger partial charge is 0.352 e. The number of aromatic nitrogens is 3. The first-order chi connectivity index (χ1) is 25.4. The molecular formula is C42H46N4O6. The van der Waals surface area contributed by atoms with Gasteiger partial charge in [0.05, 0.1) is 25.3 Å². The summed E-state index contributed by atoms with van der Waals surface area (Å²) in [6.45, 7) is 6.43. The number of unbranched alkanes of at least 4 members (excludes halogenated alkanes) is 1. The lowest BCUT2D eigenvalue weighted by atomic mass is 9.98. The first-order valence-electron chi connectivity index (χ1n) is 18.1. The fourth-order valence-corrected chi connectivity index (χ4v) is 7.39. The van der Waals surface area contributed by atoms with Crippen molar-refractivity contribution < 1.29 is 29.2 Å². The van der Waals surface area contributed by atoms with E-state index in [-0.39, 0.29) is 18.9 Å². The van der Waals surface area contributed by atoms with Gasteiger partial charge in [0.15, 0.2) is 0 Å². The highest BCUT2D eigenvalue weighted by atomic mass is 16.5. The van der Waals surface area contributed by atoms with Gasteiger partial charge in [-0.3, -0.25) is 4.68 Å². The number of ether oxygens (including phenoxy) is 3. The van der Waals surface area contributed by atoms with Crippen LogP contribution in [0.5, 0.6) is 11.5 Å². The van der Waals surface area contributed by atoms with Crippen molar-refractivity contribution in [1.29, 1.82) is 0 Å². The highest BCUT2D eigenvalue weighted by Crippen LogP contribution is 2.39. The normalized spacial score (nSPS) is 13.2. The maximum atomic E-state index is 13.1. The Morgan fingerprint density at radius 1 is 0.885 bits per heavy atom. The molecule has 1 aliphatic heterocycles. The maximum Gasteiger partial charge on any atom is 0.352 e. The van der Waals surface area contributed by atoms with Gasteiger partial charge in [-0.2, -0.15) is 5.10 Å². The predicted octanol–water partition coefficient (Wildman–Crippen LogP) is 7.40. The standard InChI is InChI=1S/C42H46N4O6/c1-29-39(37(43-44(29)2)28-52-32-19-17-31(18-20-32)45-22-26-50-27-23-45)36-14-8-13-34-35(41(42(48)49)46(40(34)36)21-5-6-24-47)15-9-25-51-38-16-7-11-30-10-3-4-12-33(30)38/h3-4,7-8,10-14,16-20,47H,5-6,9,15,21-28H2,1-2H3,(H,48,49). The number of aryl methyl sites for hydroxylation is 3. The van der Waals surface area contributed by atoms with E-state index in [0.29, 0.717) is 38.8 Å². The van der Waals surface area contributed by atoms with Crippen LogP contribution >= 0.6 is 0 Å². The number of anilines is 1. The topological polar surface area (TPSA) is 111 Å². The van der Waals surface area contributed by atoms with E-state index < -0.39 is 5.97 Å². The maximum absolute atomic E-state index is 13.1. The van der Waals surface area contributed by atoms with Crippen LogP contribution in [-0.4, -0.2) is 70.0 Å². The SMILES string of the molecule is Cc1c(-c2cccc3c(CCCOc4cccc5ccccc45)c(C(=O)O)n(CCCCO)c23)c(COc2ccc(N3CCOCC3)cc2)nn1C. The molecule has 0 unspecified atom stereocenters. The van der Waals surface area contributed by atoms with Crippen molar-refractivity contribution in [2.24, 2.45) is 7.05 Å². The van der Waals surface area contributed by atoms with Crippen LogP contribution in [0.1, 0.15) is 46.7 Å². The first-order valence-corrected chi connectivity index (χ1v) is 18.1. The average Bonchev–Trinajstić information content (AvgIpc) is 3.65. The molecule has 0 aliphatic carbocycles. The van der Waals surface area contributed by atoms with Crippen LogP contribution in [0, 0.1) is 6.92 Å². The fourth-order valence-electron chi connectivity index (χ4n) is 7.39. The van der Waals surface area contributed by atoms with E-state index >= 15 is 0 Å². The van der Waals surface area contributed by atoms with Crippen LogP contribution in [0.15, 0.2) is 84.9 Å². The Bertz CT molecular complexity index is 2160. The number of aliphatic hydroxyl groups is 1. The van der Waals surface area contributed by atoms with Gasteiger partial charge in [0.25, 0.3) is 0 Å². The van der Waals surface area contributed by atoms with E-state index in [1.54, 1.807) is 0 Å². The summed E-state index contributed by atoms with van der Waals surface area (Å²) in [6.07, 6.45) is 2.38. The van der Waals surface area contributed by atoms with Gasteiger partial charge in [0.2, 0.25) is 0 Å². The number of aliphatic hydroxyl groups excluding tert-OH is 1. The fraction of sp³-hybridized carbons (Fsp3) is 0.333. The molecule has 10 heteroatoms. The zero-order valence-corrected chi connectivity index (χ0v) is 29.9. The number of carboxylic acid groups (broad SMARTS) is 1. The van der Waals surface area contributed by atoms with Crippen molar-refractivity contribution >= 4 is 33.3 Å². The molecule has 4 aromatic carbocycles. The molecule has 10 nitrogen and oxygen atoms in total. The minimum atomic E-state index is -0.969. The van der Waals surface area contributed by atoms with Crippen molar-refractivity contribution in [2.45, 2.75) is 45.8 Å². The largest absolute Gasteiger partial charge is 0.493 e. The Labute approximate surface area is 303 Å². The van der Waals surface area contributed by atoms with Gasteiger partial charge in [-0.15, -0.1) is 0 Å². The second-order valence-electron chi connectivity index (χ2n) is 13.3. The molecule has 0 bridgehead atoms. The van der Waals surface area contributed by atoms with Crippen molar-refractivity contribution in [3.63, 3.8) is 0 Å². The number of morpholine rings is 1. The van der Waals surface area contributed by atoms with Gasteiger partial charge in [0.1, 0.15) is 29.5 Å². The van der Waals surface area contributed by atoms with E-state index in [9.17, 15) is 15.0 Å². The molecule has 3 heterocycles. The number of nitrogens with zero attached hydrogens (tertiary/aromatic N) is 4. The molecule has 0 radical (unpaired) electrons. The van der Waals surface area contributed by atoms with Gasteiger partial charge in [-0.1, -0.05) is 54.6 Å². The molecule has 2 aromatic heterocycles. The third kappa shape index (κ3) is 7.22. The van der Waals surface area contributed by atoms with Crippen LogP contribution in [0.25, 0.3) is 32.8 Å². The van der Waals surface area contributed by atoms with E-state index in [4.69, 9.17) is 19.3 Å². The van der Waals surface area contributed by atoms with Crippen molar-refractivity contribution in [3.8, 4) is 22.6 Å². The van der Waals surface area contributed by atoms with Crippen LogP contribution in [0.2, 0.25) is 0 Å². The van der Waals surface area contributed by atoms with Crippen LogP contribution in [0.3, 0.4) is 0 Å². The number of hydrogen-bond donors (Lipinski definition) is 2. The number of carboxylic acids is 1. The number of para-hydroxylation sites is 1. The summed E-state index contributed by atoms with van der Waals surface area (Å²) in [6, 6.07) is 28.4. The summed E-state index contributed by atoms with van der Waals surface area (Å²) in [7, 11) is 1.92. The molecule has 270 valence electrons. The Kier molecular flexibility index (Phi) is 10.7.